The molecule has 1 heterocycles. The standard InChI is InChI=1S/C17H23ClN2O5S/c1-11(2)15(17(22)23)19-26(24,25)20-9-7-13(8-10-20)16(21)12-3-5-14(18)6-4-12/h3-6,11,13,15,19H,7-10H2,1-2H3,(H,22,23). The van der Waals surface area contributed by atoms with Gasteiger partial charge in [-0.15, -0.1) is 0 Å². The maximum absolute atomic E-state index is 12.5. The lowest BCUT2D eigenvalue weighted by molar-refractivity contribution is -0.140. The maximum Gasteiger partial charge on any atom is 0.322 e. The van der Waals surface area contributed by atoms with Crippen LogP contribution in [-0.2, 0) is 15.0 Å². The molecule has 0 amide bonds. The van der Waals surface area contributed by atoms with E-state index in [2.05, 4.69) is 4.72 Å². The molecule has 1 fully saturated rings. The van der Waals surface area contributed by atoms with Gasteiger partial charge in [-0.25, -0.2) is 0 Å². The molecule has 1 saturated heterocycles. The lowest BCUT2D eigenvalue weighted by Gasteiger charge is -2.31. The van der Waals surface area contributed by atoms with Crippen molar-refractivity contribution in [2.75, 3.05) is 13.1 Å². The number of benzene rings is 1. The van der Waals surface area contributed by atoms with E-state index >= 15 is 0 Å². The van der Waals surface area contributed by atoms with Crippen LogP contribution in [0, 0.1) is 11.8 Å². The first-order valence-electron chi connectivity index (χ1n) is 8.42. The summed E-state index contributed by atoms with van der Waals surface area (Å²) in [5, 5.41) is 9.71. The molecule has 144 valence electrons. The second kappa shape index (κ2) is 8.47. The molecule has 26 heavy (non-hydrogen) atoms. The van der Waals surface area contributed by atoms with E-state index in [0.717, 1.165) is 0 Å². The molecule has 0 spiro atoms. The van der Waals surface area contributed by atoms with E-state index in [4.69, 9.17) is 16.7 Å². The number of nitrogens with one attached hydrogen (secondary N) is 1. The van der Waals surface area contributed by atoms with Gasteiger partial charge >= 0.3 is 5.97 Å². The first kappa shape index (κ1) is 20.8. The Hall–Kier alpha value is -1.48. The van der Waals surface area contributed by atoms with Crippen LogP contribution in [0.2, 0.25) is 5.02 Å². The third-order valence-electron chi connectivity index (χ3n) is 4.50. The number of carboxylic acid groups (broad SMARTS) is 1. The van der Waals surface area contributed by atoms with E-state index in [0.29, 0.717) is 23.4 Å². The SMILES string of the molecule is CC(C)C(NS(=O)(=O)N1CCC(C(=O)c2ccc(Cl)cc2)CC1)C(=O)O. The van der Waals surface area contributed by atoms with Crippen molar-refractivity contribution >= 4 is 33.6 Å². The fourth-order valence-corrected chi connectivity index (χ4v) is 4.58. The van der Waals surface area contributed by atoms with E-state index in [1.54, 1.807) is 38.1 Å². The van der Waals surface area contributed by atoms with Crippen LogP contribution in [-0.4, -0.2) is 48.7 Å². The maximum atomic E-state index is 12.5. The van der Waals surface area contributed by atoms with Gasteiger partial charge in [0.1, 0.15) is 6.04 Å². The van der Waals surface area contributed by atoms with E-state index in [1.165, 1.54) is 4.31 Å². The minimum Gasteiger partial charge on any atom is -0.480 e. The lowest BCUT2D eigenvalue weighted by atomic mass is 9.90. The molecule has 0 aromatic heterocycles. The number of halogens is 1. The number of nitrogens with zero attached hydrogens (tertiary/aromatic N) is 1. The average molecular weight is 403 g/mol. The van der Waals surface area contributed by atoms with Crippen molar-refractivity contribution in [1.29, 1.82) is 0 Å². The number of carbonyl (C=O) groups is 2. The molecule has 2 N–H and O–H groups in total. The van der Waals surface area contributed by atoms with Crippen LogP contribution in [0.15, 0.2) is 24.3 Å². The number of carbonyl (C=O) groups excluding carboxylic acids is 1. The first-order valence-corrected chi connectivity index (χ1v) is 10.2. The quantitative estimate of drug-likeness (QED) is 0.680. The number of piperidine rings is 1. The fourth-order valence-electron chi connectivity index (χ4n) is 2.91. The van der Waals surface area contributed by atoms with Gasteiger partial charge in [0.15, 0.2) is 5.78 Å². The first-order chi connectivity index (χ1) is 12.1. The van der Waals surface area contributed by atoms with Crippen molar-refractivity contribution in [3.8, 4) is 0 Å². The van der Waals surface area contributed by atoms with Gasteiger partial charge < -0.3 is 5.11 Å². The van der Waals surface area contributed by atoms with Gasteiger partial charge in [-0.2, -0.15) is 17.4 Å². The average Bonchev–Trinajstić information content (AvgIpc) is 2.59. The van der Waals surface area contributed by atoms with Crippen molar-refractivity contribution in [3.63, 3.8) is 0 Å². The largest absolute Gasteiger partial charge is 0.480 e. The molecule has 9 heteroatoms. The summed E-state index contributed by atoms with van der Waals surface area (Å²) in [4.78, 5) is 23.7. The monoisotopic (exact) mass is 402 g/mol. The third kappa shape index (κ3) is 5.03. The fraction of sp³-hybridized carbons (Fsp3) is 0.529. The van der Waals surface area contributed by atoms with Crippen LogP contribution in [0.3, 0.4) is 0 Å². The summed E-state index contributed by atoms with van der Waals surface area (Å²) in [6.45, 7) is 3.62. The van der Waals surface area contributed by atoms with Crippen molar-refractivity contribution in [2.24, 2.45) is 11.8 Å². The van der Waals surface area contributed by atoms with Crippen molar-refractivity contribution in [1.82, 2.24) is 9.03 Å². The zero-order valence-corrected chi connectivity index (χ0v) is 16.3. The second-order valence-corrected chi connectivity index (χ2v) is 8.87. The molecule has 1 aliphatic rings. The van der Waals surface area contributed by atoms with Gasteiger partial charge in [-0.3, -0.25) is 9.59 Å². The molecule has 7 nitrogen and oxygen atoms in total. The van der Waals surface area contributed by atoms with Gasteiger partial charge in [0.05, 0.1) is 0 Å². The zero-order valence-electron chi connectivity index (χ0n) is 14.7. The highest BCUT2D eigenvalue weighted by atomic mass is 35.5. The number of ketones is 1. The smallest absolute Gasteiger partial charge is 0.322 e. The van der Waals surface area contributed by atoms with E-state index in [-0.39, 0.29) is 30.7 Å². The summed E-state index contributed by atoms with van der Waals surface area (Å²) < 4.78 is 28.3. The number of rotatable bonds is 7. The van der Waals surface area contributed by atoms with Crippen molar-refractivity contribution < 1.29 is 23.1 Å². The van der Waals surface area contributed by atoms with Gasteiger partial charge in [-0.05, 0) is 43.0 Å². The van der Waals surface area contributed by atoms with Crippen LogP contribution in [0.25, 0.3) is 0 Å². The van der Waals surface area contributed by atoms with Crippen molar-refractivity contribution in [2.45, 2.75) is 32.7 Å². The number of hydrogen-bond acceptors (Lipinski definition) is 4. The van der Waals surface area contributed by atoms with E-state index < -0.39 is 22.2 Å². The summed E-state index contributed by atoms with van der Waals surface area (Å²) in [7, 11) is -3.92. The molecule has 1 unspecified atom stereocenters. The Bertz CT molecular complexity index is 756. The highest BCUT2D eigenvalue weighted by molar-refractivity contribution is 7.87. The predicted octanol–water partition coefficient (Wildman–Crippen LogP) is 2.18. The van der Waals surface area contributed by atoms with Gasteiger partial charge in [0.25, 0.3) is 10.2 Å². The van der Waals surface area contributed by atoms with Crippen LogP contribution in [0.1, 0.15) is 37.0 Å². The van der Waals surface area contributed by atoms with Gasteiger partial charge in [0, 0.05) is 29.6 Å². The second-order valence-electron chi connectivity index (χ2n) is 6.73. The Morgan fingerprint density at radius 3 is 2.19 bits per heavy atom. The lowest BCUT2D eigenvalue weighted by Crippen LogP contribution is -2.52. The zero-order chi connectivity index (χ0) is 19.5. The molecule has 0 bridgehead atoms. The normalized spacial score (nSPS) is 18.0. The minimum atomic E-state index is -3.92. The molecule has 1 aliphatic heterocycles. The van der Waals surface area contributed by atoms with Crippen LogP contribution in [0.4, 0.5) is 0 Å². The Morgan fingerprint density at radius 2 is 1.73 bits per heavy atom. The molecular formula is C17H23ClN2O5S. The highest BCUT2D eigenvalue weighted by Crippen LogP contribution is 2.24. The highest BCUT2D eigenvalue weighted by Gasteiger charge is 2.35. The third-order valence-corrected chi connectivity index (χ3v) is 6.35. The summed E-state index contributed by atoms with van der Waals surface area (Å²) in [5.41, 5.74) is 0.555. The molecule has 0 aliphatic carbocycles. The number of aliphatic carboxylic acids is 1. The van der Waals surface area contributed by atoms with Crippen LogP contribution in [0.5, 0.6) is 0 Å². The Morgan fingerprint density at radius 1 is 1.19 bits per heavy atom. The number of Topliss-reactive ketones (excluding diaryl/α,β-unsaturated/α-hetero) is 1. The predicted molar refractivity (Wildman–Crippen MR) is 98.4 cm³/mol. The van der Waals surface area contributed by atoms with Gasteiger partial charge in [-0.1, -0.05) is 25.4 Å². The summed E-state index contributed by atoms with van der Waals surface area (Å²) in [6, 6.07) is 5.44. The topological polar surface area (TPSA) is 104 Å². The van der Waals surface area contributed by atoms with Crippen LogP contribution < -0.4 is 4.72 Å². The minimum absolute atomic E-state index is 0.0303. The van der Waals surface area contributed by atoms with Crippen molar-refractivity contribution in [3.05, 3.63) is 34.9 Å². The molecule has 0 saturated carbocycles. The van der Waals surface area contributed by atoms with E-state index in [9.17, 15) is 18.0 Å². The number of hydrogen-bond donors (Lipinski definition) is 2. The van der Waals surface area contributed by atoms with Crippen LogP contribution >= 0.6 is 11.6 Å². The van der Waals surface area contributed by atoms with E-state index in [1.807, 2.05) is 0 Å². The molecule has 1 atom stereocenters. The Balaban J connectivity index is 1.99. The molecule has 0 radical (unpaired) electrons. The summed E-state index contributed by atoms with van der Waals surface area (Å²) in [6.07, 6.45) is 0.781. The molecule has 1 aromatic carbocycles. The summed E-state index contributed by atoms with van der Waals surface area (Å²) in [5.74, 6) is -1.89. The Labute approximate surface area is 158 Å². The molecule has 1 aromatic rings. The molecule has 2 rings (SSSR count). The van der Waals surface area contributed by atoms with Gasteiger partial charge in [0.2, 0.25) is 0 Å². The number of carboxylic acids is 1. The molecular weight excluding hydrogens is 380 g/mol. The summed E-state index contributed by atoms with van der Waals surface area (Å²) >= 11 is 5.82. The Kier molecular flexibility index (Phi) is 6.79.